The summed E-state index contributed by atoms with van der Waals surface area (Å²) in [4.78, 5) is 17.4. The highest BCUT2D eigenvalue weighted by atomic mass is 19.1. The fourth-order valence-corrected chi connectivity index (χ4v) is 5.22. The maximum atomic E-state index is 15.3. The standard InChI is InChI=1S/C29H38FN3O5/c1-7-38-23-14-18-15-33(28(31)24(18)25(30)27(23)37-6)16-22(35)17-12-20(29(2,3)4)26(36-5)21(13-17)32-10-8-19(34)9-11-32/h12-14,19,31,34H,7-11,15-16H2,1-6H3. The number of nitrogens with one attached hydrogen (secondary N) is 1. The van der Waals surface area contributed by atoms with E-state index in [1.54, 1.807) is 25.0 Å². The number of benzene rings is 2. The van der Waals surface area contributed by atoms with E-state index in [4.69, 9.17) is 19.6 Å². The molecule has 2 N–H and O–H groups in total. The van der Waals surface area contributed by atoms with Gasteiger partial charge in [-0.1, -0.05) is 20.8 Å². The quantitative estimate of drug-likeness (QED) is 0.487. The van der Waals surface area contributed by atoms with E-state index in [2.05, 4.69) is 25.7 Å². The summed E-state index contributed by atoms with van der Waals surface area (Å²) in [6, 6.07) is 5.40. The van der Waals surface area contributed by atoms with Crippen molar-refractivity contribution in [2.75, 3.05) is 45.4 Å². The number of aliphatic hydroxyl groups is 1. The van der Waals surface area contributed by atoms with Crippen LogP contribution in [0.3, 0.4) is 0 Å². The summed E-state index contributed by atoms with van der Waals surface area (Å²) < 4.78 is 31.9. The molecule has 8 nitrogen and oxygen atoms in total. The molecule has 0 radical (unpaired) electrons. The van der Waals surface area contributed by atoms with Gasteiger partial charge in [-0.2, -0.15) is 0 Å². The Morgan fingerprint density at radius 1 is 1.13 bits per heavy atom. The van der Waals surface area contributed by atoms with Gasteiger partial charge in [0.15, 0.2) is 23.1 Å². The number of ketones is 1. The Labute approximate surface area is 223 Å². The number of hydrogen-bond donors (Lipinski definition) is 2. The van der Waals surface area contributed by atoms with Gasteiger partial charge in [-0.25, -0.2) is 4.39 Å². The number of fused-ring (bicyclic) bond motifs is 1. The number of piperidine rings is 1. The summed E-state index contributed by atoms with van der Waals surface area (Å²) in [6.45, 7) is 9.83. The van der Waals surface area contributed by atoms with Crippen molar-refractivity contribution >= 4 is 17.3 Å². The molecule has 2 aliphatic heterocycles. The molecule has 2 heterocycles. The first-order valence-corrected chi connectivity index (χ1v) is 13.0. The Morgan fingerprint density at radius 3 is 2.37 bits per heavy atom. The maximum Gasteiger partial charge on any atom is 0.197 e. The summed E-state index contributed by atoms with van der Waals surface area (Å²) in [5, 5.41) is 18.6. The zero-order chi connectivity index (χ0) is 27.8. The van der Waals surface area contributed by atoms with Crippen molar-refractivity contribution < 1.29 is 28.5 Å². The van der Waals surface area contributed by atoms with Crippen LogP contribution in [0.1, 0.15) is 67.6 Å². The van der Waals surface area contributed by atoms with Crippen LogP contribution < -0.4 is 19.1 Å². The smallest absolute Gasteiger partial charge is 0.197 e. The number of rotatable bonds is 8. The first kappa shape index (κ1) is 27.7. The Bertz CT molecular complexity index is 1230. The lowest BCUT2D eigenvalue weighted by Crippen LogP contribution is -2.36. The summed E-state index contributed by atoms with van der Waals surface area (Å²) >= 11 is 0. The van der Waals surface area contributed by atoms with Gasteiger partial charge in [-0.15, -0.1) is 0 Å². The number of ether oxygens (including phenoxy) is 3. The Balaban J connectivity index is 1.67. The van der Waals surface area contributed by atoms with Gasteiger partial charge in [0.2, 0.25) is 0 Å². The van der Waals surface area contributed by atoms with Crippen LogP contribution in [0.25, 0.3) is 0 Å². The van der Waals surface area contributed by atoms with Crippen LogP contribution in [-0.2, 0) is 12.0 Å². The van der Waals surface area contributed by atoms with E-state index in [0.717, 1.165) is 17.0 Å². The van der Waals surface area contributed by atoms with Crippen molar-refractivity contribution in [3.05, 3.63) is 46.3 Å². The topological polar surface area (TPSA) is 95.3 Å². The minimum atomic E-state index is -0.651. The SMILES string of the molecule is CCOc1cc2c(c(F)c1OC)C(=N)N(CC(=O)c1cc(N3CCC(O)CC3)c(OC)c(C(C)(C)C)c1)C2. The van der Waals surface area contributed by atoms with Crippen molar-refractivity contribution in [3.8, 4) is 17.2 Å². The molecule has 0 saturated carbocycles. The highest BCUT2D eigenvalue weighted by Crippen LogP contribution is 2.42. The zero-order valence-corrected chi connectivity index (χ0v) is 23.1. The van der Waals surface area contributed by atoms with Gasteiger partial charge in [0, 0.05) is 30.8 Å². The highest BCUT2D eigenvalue weighted by Gasteiger charge is 2.34. The van der Waals surface area contributed by atoms with E-state index in [9.17, 15) is 9.90 Å². The number of aliphatic hydroxyl groups excluding tert-OH is 1. The second kappa shape index (κ2) is 10.8. The zero-order valence-electron chi connectivity index (χ0n) is 23.1. The first-order valence-electron chi connectivity index (χ1n) is 13.0. The molecule has 2 aliphatic rings. The Kier molecular flexibility index (Phi) is 7.88. The van der Waals surface area contributed by atoms with Crippen molar-refractivity contribution in [2.24, 2.45) is 0 Å². The van der Waals surface area contributed by atoms with Gasteiger partial charge in [0.25, 0.3) is 0 Å². The number of methoxy groups -OCH3 is 2. The van der Waals surface area contributed by atoms with Gasteiger partial charge in [-0.3, -0.25) is 10.2 Å². The van der Waals surface area contributed by atoms with Gasteiger partial charge < -0.3 is 29.1 Å². The molecule has 38 heavy (non-hydrogen) atoms. The normalized spacial score (nSPS) is 16.1. The van der Waals surface area contributed by atoms with Crippen LogP contribution in [0.15, 0.2) is 18.2 Å². The van der Waals surface area contributed by atoms with Crippen molar-refractivity contribution in [1.29, 1.82) is 5.41 Å². The van der Waals surface area contributed by atoms with E-state index < -0.39 is 5.82 Å². The average molecular weight is 528 g/mol. The molecular weight excluding hydrogens is 489 g/mol. The molecule has 1 saturated heterocycles. The third-order valence-corrected chi connectivity index (χ3v) is 7.23. The van der Waals surface area contributed by atoms with E-state index >= 15 is 4.39 Å². The van der Waals surface area contributed by atoms with Crippen LogP contribution in [-0.4, -0.2) is 68.2 Å². The first-order chi connectivity index (χ1) is 18.0. The Morgan fingerprint density at radius 2 is 1.79 bits per heavy atom. The molecule has 9 heteroatoms. The number of hydrogen-bond acceptors (Lipinski definition) is 7. The molecule has 2 aromatic rings. The third-order valence-electron chi connectivity index (χ3n) is 7.23. The molecule has 4 rings (SSSR count). The lowest BCUT2D eigenvalue weighted by Gasteiger charge is -2.35. The molecule has 0 atom stereocenters. The number of anilines is 1. The monoisotopic (exact) mass is 527 g/mol. The van der Waals surface area contributed by atoms with Gasteiger partial charge in [0.05, 0.1) is 44.7 Å². The minimum Gasteiger partial charge on any atom is -0.494 e. The molecular formula is C29H38FN3O5. The molecule has 0 spiro atoms. The van der Waals surface area contributed by atoms with Crippen LogP contribution >= 0.6 is 0 Å². The molecule has 1 fully saturated rings. The second-order valence-corrected chi connectivity index (χ2v) is 10.9. The number of nitrogens with zero attached hydrogens (tertiary/aromatic N) is 2. The lowest BCUT2D eigenvalue weighted by atomic mass is 9.84. The van der Waals surface area contributed by atoms with E-state index in [1.807, 2.05) is 12.1 Å². The third kappa shape index (κ3) is 5.16. The fourth-order valence-electron chi connectivity index (χ4n) is 5.22. The molecule has 0 aromatic heterocycles. The van der Waals surface area contributed by atoms with Crippen LogP contribution in [0.2, 0.25) is 0 Å². The highest BCUT2D eigenvalue weighted by molar-refractivity contribution is 6.06. The minimum absolute atomic E-state index is 0.0372. The summed E-state index contributed by atoms with van der Waals surface area (Å²) in [5.41, 5.74) is 2.67. The summed E-state index contributed by atoms with van der Waals surface area (Å²) in [7, 11) is 3.00. The molecule has 206 valence electrons. The summed E-state index contributed by atoms with van der Waals surface area (Å²) in [5.74, 6) is 0.0958. The number of carbonyl (C=O) groups excluding carboxylic acids is 1. The number of Topliss-reactive ketones (excluding diaryl/α,β-unsaturated/α-hetero) is 1. The van der Waals surface area contributed by atoms with Crippen LogP contribution in [0.4, 0.5) is 10.1 Å². The Hall–Kier alpha value is -3.33. The lowest BCUT2D eigenvalue weighted by molar-refractivity contribution is 0.0962. The van der Waals surface area contributed by atoms with E-state index in [0.29, 0.717) is 43.7 Å². The molecule has 0 unspecified atom stereocenters. The predicted octanol–water partition coefficient (Wildman–Crippen LogP) is 4.52. The largest absolute Gasteiger partial charge is 0.494 e. The molecule has 2 aromatic carbocycles. The van der Waals surface area contributed by atoms with Crippen molar-refractivity contribution in [2.45, 2.75) is 58.6 Å². The molecule has 0 bridgehead atoms. The molecule has 0 amide bonds. The average Bonchev–Trinajstić information content (AvgIpc) is 3.18. The van der Waals surface area contributed by atoms with E-state index in [1.165, 1.54) is 7.11 Å². The van der Waals surface area contributed by atoms with Gasteiger partial charge in [-0.05, 0) is 48.9 Å². The van der Waals surface area contributed by atoms with Gasteiger partial charge in [0.1, 0.15) is 11.6 Å². The van der Waals surface area contributed by atoms with Crippen molar-refractivity contribution in [3.63, 3.8) is 0 Å². The molecule has 0 aliphatic carbocycles. The second-order valence-electron chi connectivity index (χ2n) is 10.9. The predicted molar refractivity (Wildman–Crippen MR) is 145 cm³/mol. The van der Waals surface area contributed by atoms with Gasteiger partial charge >= 0.3 is 0 Å². The fraction of sp³-hybridized carbons (Fsp3) is 0.517. The number of amidine groups is 1. The number of carbonyl (C=O) groups is 1. The van der Waals surface area contributed by atoms with Crippen LogP contribution in [0, 0.1) is 11.2 Å². The number of halogens is 1. The summed E-state index contributed by atoms with van der Waals surface area (Å²) in [6.07, 6.45) is 0.969. The van der Waals surface area contributed by atoms with E-state index in [-0.39, 0.29) is 53.3 Å². The maximum absolute atomic E-state index is 15.3. The van der Waals surface area contributed by atoms with Crippen molar-refractivity contribution in [1.82, 2.24) is 4.90 Å². The van der Waals surface area contributed by atoms with Crippen LogP contribution in [0.5, 0.6) is 17.2 Å².